The molecule has 138 valence electrons. The highest BCUT2D eigenvalue weighted by molar-refractivity contribution is 8.00. The van der Waals surface area contributed by atoms with Crippen molar-refractivity contribution >= 4 is 23.5 Å². The molecule has 0 spiro atoms. The Bertz CT molecular complexity index is 826. The first kappa shape index (κ1) is 18.2. The summed E-state index contributed by atoms with van der Waals surface area (Å²) in [5, 5.41) is 26.2. The fourth-order valence-electron chi connectivity index (χ4n) is 2.83. The molecule has 10 heteroatoms. The Morgan fingerprint density at radius 1 is 1.50 bits per heavy atom. The summed E-state index contributed by atoms with van der Waals surface area (Å²) in [4.78, 5) is 11.6. The minimum Gasteiger partial charge on any atom is -0.409 e. The van der Waals surface area contributed by atoms with Gasteiger partial charge in [0, 0.05) is 6.54 Å². The Morgan fingerprint density at radius 3 is 3.12 bits per heavy atom. The molecule has 0 fully saturated rings. The number of amidine groups is 1. The second kappa shape index (κ2) is 8.17. The molecule has 1 atom stereocenters. The molecule has 1 unspecified atom stereocenters. The van der Waals surface area contributed by atoms with Gasteiger partial charge in [-0.1, -0.05) is 23.0 Å². The van der Waals surface area contributed by atoms with Crippen molar-refractivity contribution in [2.24, 2.45) is 5.16 Å². The van der Waals surface area contributed by atoms with E-state index in [-0.39, 0.29) is 35.0 Å². The number of rotatable bonds is 6. The van der Waals surface area contributed by atoms with Crippen molar-refractivity contribution in [3.63, 3.8) is 0 Å². The molecule has 1 aromatic heterocycles. The predicted molar refractivity (Wildman–Crippen MR) is 92.6 cm³/mol. The van der Waals surface area contributed by atoms with Crippen molar-refractivity contribution in [1.82, 2.24) is 20.9 Å². The number of amides is 1. The molecule has 0 saturated carbocycles. The molecule has 1 aromatic carbocycles. The van der Waals surface area contributed by atoms with E-state index in [2.05, 4.69) is 26.1 Å². The molecule has 1 heterocycles. The molecule has 1 amide bonds. The van der Waals surface area contributed by atoms with Gasteiger partial charge in [0.15, 0.2) is 16.6 Å². The standard InChI is InChI=1S/C16H18FN5O3S/c1-2-18-13(23)8-26-16-14(21-25-22-16)15(20-24)19-12-6-4-9-3-5-10(17)7-11(9)12/h3,5,7,12,24H,2,4,6,8H2,1H3,(H,18,23)(H,19,20). The van der Waals surface area contributed by atoms with Gasteiger partial charge in [0.25, 0.3) is 0 Å². The number of carbonyl (C=O) groups is 1. The van der Waals surface area contributed by atoms with Gasteiger partial charge in [0.05, 0.1) is 11.8 Å². The molecule has 0 radical (unpaired) electrons. The minimum atomic E-state index is -0.318. The number of hydrogen-bond donors (Lipinski definition) is 3. The summed E-state index contributed by atoms with van der Waals surface area (Å²) in [6, 6.07) is 4.44. The van der Waals surface area contributed by atoms with Crippen LogP contribution in [0, 0.1) is 5.82 Å². The van der Waals surface area contributed by atoms with E-state index in [1.807, 2.05) is 6.92 Å². The van der Waals surface area contributed by atoms with Crippen LogP contribution in [0.2, 0.25) is 0 Å². The monoisotopic (exact) mass is 379 g/mol. The summed E-state index contributed by atoms with van der Waals surface area (Å²) in [6.07, 6.45) is 1.52. The van der Waals surface area contributed by atoms with Gasteiger partial charge in [-0.05, 0) is 53.3 Å². The first-order valence-corrected chi connectivity index (χ1v) is 9.10. The largest absolute Gasteiger partial charge is 0.409 e. The van der Waals surface area contributed by atoms with Crippen LogP contribution in [-0.4, -0.2) is 39.6 Å². The molecular weight excluding hydrogens is 361 g/mol. The fraction of sp³-hybridized carbons (Fsp3) is 0.375. The Hall–Kier alpha value is -2.62. The van der Waals surface area contributed by atoms with Crippen LogP contribution in [0.15, 0.2) is 33.0 Å². The average Bonchev–Trinajstić information content (AvgIpc) is 3.25. The molecule has 8 nitrogen and oxygen atoms in total. The zero-order chi connectivity index (χ0) is 18.5. The van der Waals surface area contributed by atoms with Gasteiger partial charge in [0.1, 0.15) is 5.82 Å². The second-order valence-electron chi connectivity index (χ2n) is 5.69. The molecule has 0 bridgehead atoms. The quantitative estimate of drug-likeness (QED) is 0.231. The van der Waals surface area contributed by atoms with E-state index in [1.165, 1.54) is 12.1 Å². The van der Waals surface area contributed by atoms with Crippen LogP contribution in [-0.2, 0) is 11.2 Å². The van der Waals surface area contributed by atoms with E-state index in [0.717, 1.165) is 35.7 Å². The van der Waals surface area contributed by atoms with Crippen LogP contribution in [0.3, 0.4) is 0 Å². The molecule has 3 rings (SSSR count). The number of oxime groups is 1. The van der Waals surface area contributed by atoms with Crippen molar-refractivity contribution in [2.45, 2.75) is 30.8 Å². The zero-order valence-corrected chi connectivity index (χ0v) is 14.8. The topological polar surface area (TPSA) is 113 Å². The third-order valence-electron chi connectivity index (χ3n) is 3.99. The van der Waals surface area contributed by atoms with Gasteiger partial charge in [0.2, 0.25) is 5.91 Å². The number of nitrogens with zero attached hydrogens (tertiary/aromatic N) is 3. The van der Waals surface area contributed by atoms with Gasteiger partial charge in [-0.3, -0.25) is 4.79 Å². The van der Waals surface area contributed by atoms with Crippen LogP contribution in [0.4, 0.5) is 4.39 Å². The summed E-state index contributed by atoms with van der Waals surface area (Å²) in [6.45, 7) is 2.36. The molecule has 0 aliphatic heterocycles. The first-order valence-electron chi connectivity index (χ1n) is 8.11. The highest BCUT2D eigenvalue weighted by Crippen LogP contribution is 2.32. The van der Waals surface area contributed by atoms with Gasteiger partial charge >= 0.3 is 0 Å². The molecule has 1 aliphatic rings. The van der Waals surface area contributed by atoms with Crippen LogP contribution < -0.4 is 10.6 Å². The van der Waals surface area contributed by atoms with E-state index < -0.39 is 0 Å². The van der Waals surface area contributed by atoms with Gasteiger partial charge in [-0.15, -0.1) is 0 Å². The third kappa shape index (κ3) is 3.96. The highest BCUT2D eigenvalue weighted by atomic mass is 32.2. The molecule has 26 heavy (non-hydrogen) atoms. The van der Waals surface area contributed by atoms with Crippen molar-refractivity contribution in [2.75, 3.05) is 12.3 Å². The number of nitrogens with one attached hydrogen (secondary N) is 2. The predicted octanol–water partition coefficient (Wildman–Crippen LogP) is 1.85. The lowest BCUT2D eigenvalue weighted by atomic mass is 10.1. The van der Waals surface area contributed by atoms with Crippen molar-refractivity contribution in [3.8, 4) is 0 Å². The Labute approximate surface area is 153 Å². The lowest BCUT2D eigenvalue weighted by Crippen LogP contribution is -2.29. The fourth-order valence-corrected chi connectivity index (χ4v) is 3.56. The SMILES string of the molecule is CCNC(=O)CSc1nonc1C(=NO)NC1CCc2ccc(F)cc21. The number of hydrogen-bond acceptors (Lipinski definition) is 7. The highest BCUT2D eigenvalue weighted by Gasteiger charge is 2.27. The normalized spacial score (nSPS) is 16.4. The number of aryl methyl sites for hydroxylation is 1. The summed E-state index contributed by atoms with van der Waals surface area (Å²) < 4.78 is 18.3. The summed E-state index contributed by atoms with van der Waals surface area (Å²) in [7, 11) is 0. The van der Waals surface area contributed by atoms with E-state index in [0.29, 0.717) is 11.6 Å². The zero-order valence-electron chi connectivity index (χ0n) is 14.0. The van der Waals surface area contributed by atoms with Crippen LogP contribution in [0.5, 0.6) is 0 Å². The minimum absolute atomic E-state index is 0.0618. The molecule has 3 N–H and O–H groups in total. The first-order chi connectivity index (χ1) is 12.6. The number of carbonyl (C=O) groups excluding carboxylic acids is 1. The maximum absolute atomic E-state index is 13.5. The maximum Gasteiger partial charge on any atom is 0.230 e. The Kier molecular flexibility index (Phi) is 5.71. The van der Waals surface area contributed by atoms with Crippen molar-refractivity contribution in [1.29, 1.82) is 0 Å². The molecular formula is C16H18FN5O3S. The van der Waals surface area contributed by atoms with Crippen LogP contribution >= 0.6 is 11.8 Å². The molecule has 1 aliphatic carbocycles. The molecule has 0 saturated heterocycles. The van der Waals surface area contributed by atoms with E-state index in [1.54, 1.807) is 6.07 Å². The number of aromatic nitrogens is 2. The van der Waals surface area contributed by atoms with Gasteiger partial charge in [-0.25, -0.2) is 9.02 Å². The lowest BCUT2D eigenvalue weighted by Gasteiger charge is -2.15. The van der Waals surface area contributed by atoms with Gasteiger partial charge in [-0.2, -0.15) is 0 Å². The van der Waals surface area contributed by atoms with Crippen LogP contribution in [0.1, 0.15) is 36.2 Å². The summed E-state index contributed by atoms with van der Waals surface area (Å²) in [5.41, 5.74) is 2.07. The average molecular weight is 379 g/mol. The number of halogens is 1. The van der Waals surface area contributed by atoms with Crippen molar-refractivity contribution in [3.05, 3.63) is 40.8 Å². The second-order valence-corrected chi connectivity index (χ2v) is 6.65. The number of thioether (sulfide) groups is 1. The number of fused-ring (bicyclic) bond motifs is 1. The smallest absolute Gasteiger partial charge is 0.230 e. The third-order valence-corrected chi connectivity index (χ3v) is 4.94. The van der Waals surface area contributed by atoms with Crippen molar-refractivity contribution < 1.29 is 19.0 Å². The van der Waals surface area contributed by atoms with E-state index >= 15 is 0 Å². The van der Waals surface area contributed by atoms with E-state index in [4.69, 9.17) is 4.63 Å². The maximum atomic E-state index is 13.5. The summed E-state index contributed by atoms with van der Waals surface area (Å²) >= 11 is 1.12. The summed E-state index contributed by atoms with van der Waals surface area (Å²) in [5.74, 6) is -0.277. The Morgan fingerprint density at radius 2 is 2.35 bits per heavy atom. The number of benzene rings is 1. The van der Waals surface area contributed by atoms with Crippen LogP contribution in [0.25, 0.3) is 0 Å². The van der Waals surface area contributed by atoms with Gasteiger partial charge < -0.3 is 15.8 Å². The lowest BCUT2D eigenvalue weighted by molar-refractivity contribution is -0.118. The van der Waals surface area contributed by atoms with E-state index in [9.17, 15) is 14.4 Å². The molecule has 2 aromatic rings. The Balaban J connectivity index is 1.73.